The molecule has 2 heterocycles. The van der Waals surface area contributed by atoms with Gasteiger partial charge in [0.2, 0.25) is 0 Å². The SMILES string of the molecule is Cn1c(=O)n(C)c(=O)n(-c2ccc(Oc3ccc(-n4c(=O)n(C)c(=O)n(C)c4=O)cc3)cc2)c1=O. The molecule has 180 valence electrons. The van der Waals surface area contributed by atoms with Gasteiger partial charge in [-0.2, -0.15) is 0 Å². The van der Waals surface area contributed by atoms with E-state index in [4.69, 9.17) is 4.74 Å². The zero-order chi connectivity index (χ0) is 25.6. The largest absolute Gasteiger partial charge is 0.457 e. The van der Waals surface area contributed by atoms with E-state index in [1.807, 2.05) is 0 Å². The summed E-state index contributed by atoms with van der Waals surface area (Å²) in [6, 6.07) is 12.1. The fourth-order valence-corrected chi connectivity index (χ4v) is 3.45. The number of aromatic nitrogens is 6. The normalized spacial score (nSPS) is 11.0. The van der Waals surface area contributed by atoms with Gasteiger partial charge in [0.1, 0.15) is 11.5 Å². The summed E-state index contributed by atoms with van der Waals surface area (Å²) < 4.78 is 10.8. The van der Waals surface area contributed by atoms with Gasteiger partial charge in [-0.3, -0.25) is 0 Å². The van der Waals surface area contributed by atoms with Crippen molar-refractivity contribution in [3.63, 3.8) is 0 Å². The zero-order valence-corrected chi connectivity index (χ0v) is 19.2. The molecule has 0 N–H and O–H groups in total. The second-order valence-corrected chi connectivity index (χ2v) is 7.69. The van der Waals surface area contributed by atoms with Crippen LogP contribution in [0.15, 0.2) is 77.3 Å². The zero-order valence-electron chi connectivity index (χ0n) is 19.2. The van der Waals surface area contributed by atoms with E-state index >= 15 is 0 Å². The molecule has 0 aliphatic heterocycles. The Labute approximate surface area is 195 Å². The first-order valence-corrected chi connectivity index (χ1v) is 10.2. The summed E-state index contributed by atoms with van der Waals surface area (Å²) in [5, 5.41) is 0. The lowest BCUT2D eigenvalue weighted by molar-refractivity contribution is 0.482. The van der Waals surface area contributed by atoms with Crippen LogP contribution in [0.1, 0.15) is 0 Å². The first-order valence-electron chi connectivity index (χ1n) is 10.2. The fraction of sp³-hybridized carbons (Fsp3) is 0.182. The molecule has 0 saturated carbocycles. The standard InChI is InChI=1S/C22H20N6O7/c1-23-17(29)24(2)20(32)27(19(23)31)13-5-9-15(10-6-13)35-16-11-7-14(8-12-16)28-21(33)25(3)18(30)26(4)22(28)34/h5-12H,1-4H3. The van der Waals surface area contributed by atoms with Crippen molar-refractivity contribution in [1.82, 2.24) is 27.4 Å². The maximum Gasteiger partial charge on any atom is 0.340 e. The lowest BCUT2D eigenvalue weighted by atomic mass is 10.3. The van der Waals surface area contributed by atoms with E-state index in [0.717, 1.165) is 27.4 Å². The predicted octanol–water partition coefficient (Wildman–Crippen LogP) is -1.42. The number of hydrogen-bond donors (Lipinski definition) is 0. The van der Waals surface area contributed by atoms with E-state index in [1.54, 1.807) is 0 Å². The fourth-order valence-electron chi connectivity index (χ4n) is 3.45. The molecule has 2 aromatic carbocycles. The number of nitrogens with zero attached hydrogens (tertiary/aromatic N) is 6. The number of hydrogen-bond acceptors (Lipinski definition) is 7. The van der Waals surface area contributed by atoms with E-state index in [1.165, 1.54) is 76.7 Å². The molecule has 0 spiro atoms. The molecular formula is C22H20N6O7. The van der Waals surface area contributed by atoms with Gasteiger partial charge in [-0.1, -0.05) is 0 Å². The lowest BCUT2D eigenvalue weighted by Crippen LogP contribution is -2.52. The molecule has 13 heteroatoms. The van der Waals surface area contributed by atoms with E-state index < -0.39 is 34.1 Å². The van der Waals surface area contributed by atoms with Crippen LogP contribution < -0.4 is 38.9 Å². The molecule has 0 aliphatic rings. The van der Waals surface area contributed by atoms with Gasteiger partial charge in [-0.05, 0) is 48.5 Å². The van der Waals surface area contributed by atoms with Crippen molar-refractivity contribution in [2.24, 2.45) is 28.2 Å². The average Bonchev–Trinajstić information content (AvgIpc) is 2.86. The van der Waals surface area contributed by atoms with Crippen LogP contribution in [0, 0.1) is 0 Å². The summed E-state index contributed by atoms with van der Waals surface area (Å²) in [7, 11) is 5.11. The first kappa shape index (κ1) is 23.2. The molecule has 0 bridgehead atoms. The van der Waals surface area contributed by atoms with Crippen molar-refractivity contribution in [3.05, 3.63) is 111 Å². The first-order chi connectivity index (χ1) is 16.5. The van der Waals surface area contributed by atoms with Crippen molar-refractivity contribution in [2.75, 3.05) is 0 Å². The van der Waals surface area contributed by atoms with Gasteiger partial charge in [-0.15, -0.1) is 0 Å². The Balaban J connectivity index is 1.64. The van der Waals surface area contributed by atoms with Crippen LogP contribution in [0.5, 0.6) is 11.5 Å². The van der Waals surface area contributed by atoms with Gasteiger partial charge >= 0.3 is 34.1 Å². The van der Waals surface area contributed by atoms with Gasteiger partial charge in [0.15, 0.2) is 0 Å². The monoisotopic (exact) mass is 480 g/mol. The third kappa shape index (κ3) is 3.78. The van der Waals surface area contributed by atoms with Crippen LogP contribution in [0.4, 0.5) is 0 Å². The van der Waals surface area contributed by atoms with E-state index in [-0.39, 0.29) is 11.4 Å². The Kier molecular flexibility index (Phi) is 5.60. The molecule has 0 unspecified atom stereocenters. The highest BCUT2D eigenvalue weighted by Crippen LogP contribution is 2.23. The summed E-state index contributed by atoms with van der Waals surface area (Å²) in [5.41, 5.74) is -4.05. The van der Waals surface area contributed by atoms with Gasteiger partial charge < -0.3 is 4.74 Å². The number of benzene rings is 2. The molecule has 13 nitrogen and oxygen atoms in total. The minimum absolute atomic E-state index is 0.249. The molecule has 0 amide bonds. The highest BCUT2D eigenvalue weighted by atomic mass is 16.5. The average molecular weight is 480 g/mol. The number of ether oxygens (including phenoxy) is 1. The maximum absolute atomic E-state index is 12.4. The van der Waals surface area contributed by atoms with Crippen LogP contribution in [0.2, 0.25) is 0 Å². The van der Waals surface area contributed by atoms with Gasteiger partial charge in [0, 0.05) is 28.2 Å². The van der Waals surface area contributed by atoms with Crippen molar-refractivity contribution >= 4 is 0 Å². The highest BCUT2D eigenvalue weighted by Gasteiger charge is 2.14. The molecule has 0 fully saturated rings. The third-order valence-corrected chi connectivity index (χ3v) is 5.49. The van der Waals surface area contributed by atoms with E-state index in [9.17, 15) is 28.8 Å². The third-order valence-electron chi connectivity index (χ3n) is 5.49. The highest BCUT2D eigenvalue weighted by molar-refractivity contribution is 5.42. The molecule has 4 rings (SSSR count). The van der Waals surface area contributed by atoms with Crippen molar-refractivity contribution in [3.8, 4) is 22.9 Å². The van der Waals surface area contributed by atoms with E-state index in [0.29, 0.717) is 11.5 Å². The minimum atomic E-state index is -0.776. The topological polar surface area (TPSA) is 141 Å². The van der Waals surface area contributed by atoms with Gasteiger partial charge in [0.05, 0.1) is 11.4 Å². The quantitative estimate of drug-likeness (QED) is 0.349. The van der Waals surface area contributed by atoms with Crippen LogP contribution in [-0.4, -0.2) is 27.4 Å². The van der Waals surface area contributed by atoms with E-state index in [2.05, 4.69) is 0 Å². The molecule has 0 radical (unpaired) electrons. The lowest BCUT2D eigenvalue weighted by Gasteiger charge is -2.11. The summed E-state index contributed by atoms with van der Waals surface area (Å²) in [5.74, 6) is 0.762. The summed E-state index contributed by atoms with van der Waals surface area (Å²) >= 11 is 0. The Morgan fingerprint density at radius 3 is 0.943 bits per heavy atom. The van der Waals surface area contributed by atoms with Crippen LogP contribution in [-0.2, 0) is 28.2 Å². The Hall–Kier alpha value is -4.94. The summed E-state index contributed by atoms with van der Waals surface area (Å²) in [6.07, 6.45) is 0. The van der Waals surface area contributed by atoms with Crippen LogP contribution >= 0.6 is 0 Å². The molecular weight excluding hydrogens is 460 g/mol. The molecule has 0 aliphatic carbocycles. The second kappa shape index (κ2) is 8.44. The Morgan fingerprint density at radius 2 is 0.686 bits per heavy atom. The van der Waals surface area contributed by atoms with Crippen molar-refractivity contribution < 1.29 is 4.74 Å². The molecule has 0 atom stereocenters. The summed E-state index contributed by atoms with van der Waals surface area (Å²) in [4.78, 5) is 73.4. The smallest absolute Gasteiger partial charge is 0.340 e. The Bertz CT molecular complexity index is 1600. The molecule has 35 heavy (non-hydrogen) atoms. The molecule has 0 saturated heterocycles. The van der Waals surface area contributed by atoms with Crippen LogP contribution in [0.25, 0.3) is 11.4 Å². The molecule has 2 aromatic heterocycles. The minimum Gasteiger partial charge on any atom is -0.457 e. The van der Waals surface area contributed by atoms with Crippen molar-refractivity contribution in [2.45, 2.75) is 0 Å². The summed E-state index contributed by atoms with van der Waals surface area (Å²) in [6.45, 7) is 0. The Morgan fingerprint density at radius 1 is 0.429 bits per heavy atom. The van der Waals surface area contributed by atoms with Gasteiger partial charge in [-0.25, -0.2) is 56.2 Å². The predicted molar refractivity (Wildman–Crippen MR) is 125 cm³/mol. The van der Waals surface area contributed by atoms with Gasteiger partial charge in [0.25, 0.3) is 0 Å². The second-order valence-electron chi connectivity index (χ2n) is 7.69. The van der Waals surface area contributed by atoms with Crippen LogP contribution in [0.3, 0.4) is 0 Å². The maximum atomic E-state index is 12.4. The molecule has 4 aromatic rings. The number of rotatable bonds is 4. The van der Waals surface area contributed by atoms with Crippen molar-refractivity contribution in [1.29, 1.82) is 0 Å².